The molecule has 1 aliphatic rings. The quantitative estimate of drug-likeness (QED) is 0.873. The fourth-order valence-electron chi connectivity index (χ4n) is 2.76. The predicted molar refractivity (Wildman–Crippen MR) is 78.4 cm³/mol. The number of amides is 1. The Morgan fingerprint density at radius 3 is 2.89 bits per heavy atom. The summed E-state index contributed by atoms with van der Waals surface area (Å²) in [6.07, 6.45) is 4.53. The maximum Gasteiger partial charge on any atom is 0.251 e. The first-order chi connectivity index (χ1) is 9.20. The maximum atomic E-state index is 12.2. The van der Waals surface area contributed by atoms with Gasteiger partial charge in [0.05, 0.1) is 0 Å². The molecule has 1 heterocycles. The summed E-state index contributed by atoms with van der Waals surface area (Å²) in [5.74, 6) is 0.0532. The van der Waals surface area contributed by atoms with Crippen molar-refractivity contribution in [2.45, 2.75) is 51.6 Å². The minimum atomic E-state index is 0.0532. The molecule has 1 amide bonds. The zero-order valence-corrected chi connectivity index (χ0v) is 11.9. The van der Waals surface area contributed by atoms with E-state index >= 15 is 0 Å². The second-order valence-corrected chi connectivity index (χ2v) is 5.42. The van der Waals surface area contributed by atoms with E-state index in [2.05, 4.69) is 24.5 Å². The Balaban J connectivity index is 1.90. The van der Waals surface area contributed by atoms with Gasteiger partial charge >= 0.3 is 0 Å². The summed E-state index contributed by atoms with van der Waals surface area (Å²) in [4.78, 5) is 12.2. The van der Waals surface area contributed by atoms with Gasteiger partial charge in [-0.05, 0) is 37.8 Å². The van der Waals surface area contributed by atoms with Crippen molar-refractivity contribution in [1.29, 1.82) is 0 Å². The lowest BCUT2D eigenvalue weighted by Gasteiger charge is -2.29. The van der Waals surface area contributed by atoms with Crippen LogP contribution in [-0.2, 0) is 6.42 Å². The number of carbonyl (C=O) groups excluding carboxylic acids is 1. The van der Waals surface area contributed by atoms with Crippen molar-refractivity contribution >= 4 is 5.91 Å². The Morgan fingerprint density at radius 1 is 1.37 bits per heavy atom. The Bertz CT molecular complexity index is 431. The molecule has 1 aromatic rings. The Morgan fingerprint density at radius 2 is 2.16 bits per heavy atom. The van der Waals surface area contributed by atoms with Gasteiger partial charge in [0.25, 0.3) is 5.91 Å². The number of carbonyl (C=O) groups is 1. The van der Waals surface area contributed by atoms with E-state index in [1.165, 1.54) is 12.8 Å². The molecule has 2 N–H and O–H groups in total. The fraction of sp³-hybridized carbons (Fsp3) is 0.562. The number of aryl methyl sites for hydroxylation is 1. The molecule has 1 fully saturated rings. The largest absolute Gasteiger partial charge is 0.350 e. The van der Waals surface area contributed by atoms with Gasteiger partial charge in [-0.2, -0.15) is 0 Å². The van der Waals surface area contributed by atoms with Gasteiger partial charge in [0, 0.05) is 24.2 Å². The maximum absolute atomic E-state index is 12.2. The summed E-state index contributed by atoms with van der Waals surface area (Å²) < 4.78 is 0. The van der Waals surface area contributed by atoms with Crippen LogP contribution in [0.25, 0.3) is 0 Å². The van der Waals surface area contributed by atoms with Crippen molar-refractivity contribution in [1.82, 2.24) is 10.6 Å². The van der Waals surface area contributed by atoms with Crippen molar-refractivity contribution in [2.24, 2.45) is 0 Å². The highest BCUT2D eigenvalue weighted by molar-refractivity contribution is 5.95. The normalized spacial score (nSPS) is 23.1. The van der Waals surface area contributed by atoms with Crippen LogP contribution in [-0.4, -0.2) is 24.5 Å². The van der Waals surface area contributed by atoms with Crippen LogP contribution in [0, 0.1) is 0 Å². The molecule has 1 saturated heterocycles. The highest BCUT2D eigenvalue weighted by Gasteiger charge is 2.18. The van der Waals surface area contributed by atoms with Crippen LogP contribution in [0.4, 0.5) is 0 Å². The van der Waals surface area contributed by atoms with Gasteiger partial charge in [-0.1, -0.05) is 31.5 Å². The molecule has 0 aliphatic carbocycles. The fourth-order valence-corrected chi connectivity index (χ4v) is 2.76. The van der Waals surface area contributed by atoms with Crippen LogP contribution < -0.4 is 10.6 Å². The van der Waals surface area contributed by atoms with E-state index < -0.39 is 0 Å². The van der Waals surface area contributed by atoms with Gasteiger partial charge in [-0.25, -0.2) is 0 Å². The molecule has 2 atom stereocenters. The van der Waals surface area contributed by atoms with E-state index in [-0.39, 0.29) is 5.91 Å². The monoisotopic (exact) mass is 260 g/mol. The van der Waals surface area contributed by atoms with Gasteiger partial charge in [0.1, 0.15) is 0 Å². The Kier molecular flexibility index (Phi) is 4.97. The molecule has 104 valence electrons. The summed E-state index contributed by atoms with van der Waals surface area (Å²) in [6.45, 7) is 5.01. The van der Waals surface area contributed by atoms with Crippen molar-refractivity contribution in [3.63, 3.8) is 0 Å². The SMILES string of the molecule is CCc1ccccc1C(=O)NCC1CCCC(C)N1. The summed E-state index contributed by atoms with van der Waals surface area (Å²) in [7, 11) is 0. The first-order valence-electron chi connectivity index (χ1n) is 7.33. The van der Waals surface area contributed by atoms with E-state index in [1.54, 1.807) is 0 Å². The van der Waals surface area contributed by atoms with E-state index in [4.69, 9.17) is 0 Å². The van der Waals surface area contributed by atoms with Crippen molar-refractivity contribution < 1.29 is 4.79 Å². The first-order valence-corrected chi connectivity index (χ1v) is 7.33. The second-order valence-electron chi connectivity index (χ2n) is 5.42. The van der Waals surface area contributed by atoms with Crippen LogP contribution >= 0.6 is 0 Å². The molecule has 1 aliphatic heterocycles. The number of piperidine rings is 1. The smallest absolute Gasteiger partial charge is 0.251 e. The minimum absolute atomic E-state index is 0.0532. The molecule has 0 aromatic heterocycles. The zero-order chi connectivity index (χ0) is 13.7. The molecule has 3 heteroatoms. The average Bonchev–Trinajstić information content (AvgIpc) is 2.45. The van der Waals surface area contributed by atoms with Gasteiger partial charge in [0.15, 0.2) is 0 Å². The molecule has 0 spiro atoms. The average molecular weight is 260 g/mol. The van der Waals surface area contributed by atoms with Crippen LogP contribution in [0.2, 0.25) is 0 Å². The summed E-state index contributed by atoms with van der Waals surface area (Å²) in [5.41, 5.74) is 1.93. The Labute approximate surface area is 115 Å². The molecule has 0 saturated carbocycles. The lowest BCUT2D eigenvalue weighted by molar-refractivity contribution is 0.0945. The molecule has 2 rings (SSSR count). The topological polar surface area (TPSA) is 41.1 Å². The third kappa shape index (κ3) is 3.80. The van der Waals surface area contributed by atoms with Crippen LogP contribution in [0.3, 0.4) is 0 Å². The van der Waals surface area contributed by atoms with E-state index in [9.17, 15) is 4.79 Å². The van der Waals surface area contributed by atoms with Gasteiger partial charge < -0.3 is 10.6 Å². The molecule has 3 nitrogen and oxygen atoms in total. The van der Waals surface area contributed by atoms with Crippen molar-refractivity contribution in [2.75, 3.05) is 6.54 Å². The third-order valence-corrected chi connectivity index (χ3v) is 3.86. The molecule has 2 unspecified atom stereocenters. The number of hydrogen-bond acceptors (Lipinski definition) is 2. The van der Waals surface area contributed by atoms with Gasteiger partial charge in [0.2, 0.25) is 0 Å². The van der Waals surface area contributed by atoms with Crippen LogP contribution in [0.15, 0.2) is 24.3 Å². The van der Waals surface area contributed by atoms with E-state index in [0.717, 1.165) is 30.5 Å². The zero-order valence-electron chi connectivity index (χ0n) is 11.9. The number of hydrogen-bond donors (Lipinski definition) is 2. The second kappa shape index (κ2) is 6.71. The molecule has 0 radical (unpaired) electrons. The summed E-state index contributed by atoms with van der Waals surface area (Å²) >= 11 is 0. The first kappa shape index (κ1) is 14.1. The summed E-state index contributed by atoms with van der Waals surface area (Å²) in [6, 6.07) is 8.83. The molecule has 1 aromatic carbocycles. The van der Waals surface area contributed by atoms with Gasteiger partial charge in [-0.3, -0.25) is 4.79 Å². The lowest BCUT2D eigenvalue weighted by Crippen LogP contribution is -2.47. The Hall–Kier alpha value is -1.35. The molecule has 0 bridgehead atoms. The number of rotatable bonds is 4. The molecular formula is C16H24N2O. The summed E-state index contributed by atoms with van der Waals surface area (Å²) in [5, 5.41) is 6.60. The van der Waals surface area contributed by atoms with Crippen molar-refractivity contribution in [3.05, 3.63) is 35.4 Å². The third-order valence-electron chi connectivity index (χ3n) is 3.86. The number of benzene rings is 1. The van der Waals surface area contributed by atoms with Crippen LogP contribution in [0.1, 0.15) is 49.0 Å². The van der Waals surface area contributed by atoms with E-state index in [0.29, 0.717) is 12.1 Å². The molecular weight excluding hydrogens is 236 g/mol. The highest BCUT2D eigenvalue weighted by atomic mass is 16.1. The molecule has 19 heavy (non-hydrogen) atoms. The van der Waals surface area contributed by atoms with Gasteiger partial charge in [-0.15, -0.1) is 0 Å². The van der Waals surface area contributed by atoms with Crippen molar-refractivity contribution in [3.8, 4) is 0 Å². The van der Waals surface area contributed by atoms with E-state index in [1.807, 2.05) is 24.3 Å². The predicted octanol–water partition coefficient (Wildman–Crippen LogP) is 2.51. The minimum Gasteiger partial charge on any atom is -0.350 e. The van der Waals surface area contributed by atoms with Crippen LogP contribution in [0.5, 0.6) is 0 Å². The number of nitrogens with one attached hydrogen (secondary N) is 2. The standard InChI is InChI=1S/C16H24N2O/c1-3-13-8-4-5-10-15(13)16(19)17-11-14-9-6-7-12(2)18-14/h4-5,8,10,12,14,18H,3,6-7,9,11H2,1-2H3,(H,17,19). The lowest BCUT2D eigenvalue weighted by atomic mass is 9.99. The highest BCUT2D eigenvalue weighted by Crippen LogP contribution is 2.12.